The van der Waals surface area contributed by atoms with Gasteiger partial charge < -0.3 is 14.4 Å². The van der Waals surface area contributed by atoms with E-state index in [-0.39, 0.29) is 12.0 Å². The average Bonchev–Trinajstić information content (AvgIpc) is 3.20. The summed E-state index contributed by atoms with van der Waals surface area (Å²) in [4.78, 5) is 23.2. The van der Waals surface area contributed by atoms with Gasteiger partial charge in [0.25, 0.3) is 0 Å². The van der Waals surface area contributed by atoms with Gasteiger partial charge in [-0.1, -0.05) is 58.2 Å². The largest absolute Gasteiger partial charge is 0.441 e. The van der Waals surface area contributed by atoms with Crippen molar-refractivity contribution < 1.29 is 19.2 Å². The Morgan fingerprint density at radius 1 is 1.24 bits per heavy atom. The Kier molecular flexibility index (Phi) is 5.62. The van der Waals surface area contributed by atoms with E-state index in [0.29, 0.717) is 22.1 Å². The highest BCUT2D eigenvalue weighted by Crippen LogP contribution is 2.50. The van der Waals surface area contributed by atoms with Crippen molar-refractivity contribution >= 4 is 44.1 Å². The summed E-state index contributed by atoms with van der Waals surface area (Å²) in [5.41, 5.74) is 1.38. The second-order valence-corrected chi connectivity index (χ2v) is 9.84. The monoisotopic (exact) mass is 480 g/mol. The molecule has 3 aromatic heterocycles. The van der Waals surface area contributed by atoms with Crippen molar-refractivity contribution in [3.8, 4) is 11.8 Å². The number of nitrogens with one attached hydrogen (secondary N) is 1. The minimum atomic E-state index is -0.620. The summed E-state index contributed by atoms with van der Waals surface area (Å²) < 4.78 is 10.7. The normalized spacial score (nSPS) is 15.0. The average molecular weight is 481 g/mol. The van der Waals surface area contributed by atoms with E-state index in [1.54, 1.807) is 13.8 Å². The molecular weight excluding hydrogens is 460 g/mol. The van der Waals surface area contributed by atoms with Crippen LogP contribution in [0, 0.1) is 18.8 Å². The minimum absolute atomic E-state index is 0.119. The number of carbonyl (C=O) groups is 1. The first kappa shape index (κ1) is 21.6. The highest BCUT2D eigenvalue weighted by molar-refractivity contribution is 7.26. The molecule has 10 heteroatoms. The van der Waals surface area contributed by atoms with Gasteiger partial charge in [0.2, 0.25) is 0 Å². The van der Waals surface area contributed by atoms with Crippen LogP contribution in [0.15, 0.2) is 34.9 Å². The maximum absolute atomic E-state index is 12.4. The van der Waals surface area contributed by atoms with E-state index in [9.17, 15) is 9.90 Å². The Morgan fingerprint density at radius 3 is 2.70 bits per heavy atom. The molecule has 1 unspecified atom stereocenters. The SMILES string of the molecule is Cc1onc(C#Cc2nc3sc(C4(CO)CC4)nc3s2)c1NC(=O)OC(C)c1ccccc1. The summed E-state index contributed by atoms with van der Waals surface area (Å²) in [7, 11) is 0. The Labute approximate surface area is 197 Å². The molecule has 1 amide bonds. The number of rotatable bonds is 5. The Morgan fingerprint density at radius 2 is 2.00 bits per heavy atom. The Balaban J connectivity index is 1.30. The predicted octanol–water partition coefficient (Wildman–Crippen LogP) is 4.78. The van der Waals surface area contributed by atoms with Gasteiger partial charge >= 0.3 is 6.09 Å². The number of aromatic nitrogens is 3. The molecule has 8 nitrogen and oxygen atoms in total. The quantitative estimate of drug-likeness (QED) is 0.395. The molecule has 168 valence electrons. The summed E-state index contributed by atoms with van der Waals surface area (Å²) in [6, 6.07) is 9.47. The molecular formula is C23H20N4O4S2. The zero-order valence-electron chi connectivity index (χ0n) is 17.9. The van der Waals surface area contributed by atoms with Gasteiger partial charge in [-0.3, -0.25) is 5.32 Å². The number of anilines is 1. The number of benzene rings is 1. The number of aliphatic hydroxyl groups is 1. The van der Waals surface area contributed by atoms with E-state index in [1.165, 1.54) is 22.7 Å². The lowest BCUT2D eigenvalue weighted by Crippen LogP contribution is -2.16. The zero-order valence-corrected chi connectivity index (χ0v) is 19.5. The third-order valence-corrected chi connectivity index (χ3v) is 7.71. The Bertz CT molecular complexity index is 1340. The highest BCUT2D eigenvalue weighted by atomic mass is 32.1. The van der Waals surface area contributed by atoms with Crippen molar-refractivity contribution in [3.63, 3.8) is 0 Å². The second-order valence-electron chi connectivity index (χ2n) is 7.88. The molecule has 33 heavy (non-hydrogen) atoms. The topological polar surface area (TPSA) is 110 Å². The molecule has 3 heterocycles. The van der Waals surface area contributed by atoms with Crippen LogP contribution >= 0.6 is 22.7 Å². The lowest BCUT2D eigenvalue weighted by atomic mass is 10.1. The summed E-state index contributed by atoms with van der Waals surface area (Å²) >= 11 is 2.89. The van der Waals surface area contributed by atoms with Crippen molar-refractivity contribution in [2.24, 2.45) is 0 Å². The van der Waals surface area contributed by atoms with Crippen molar-refractivity contribution in [1.82, 2.24) is 15.1 Å². The van der Waals surface area contributed by atoms with Crippen molar-refractivity contribution in [2.45, 2.75) is 38.2 Å². The van der Waals surface area contributed by atoms with Crippen LogP contribution in [0.2, 0.25) is 0 Å². The van der Waals surface area contributed by atoms with Crippen molar-refractivity contribution in [1.29, 1.82) is 0 Å². The maximum atomic E-state index is 12.4. The number of hydrogen-bond donors (Lipinski definition) is 2. The summed E-state index contributed by atoms with van der Waals surface area (Å²) in [6.07, 6.45) is 0.891. The number of nitrogens with zero attached hydrogens (tertiary/aromatic N) is 3. The molecule has 0 aliphatic heterocycles. The van der Waals surface area contributed by atoms with Gasteiger partial charge in [0.1, 0.15) is 16.8 Å². The van der Waals surface area contributed by atoms with Gasteiger partial charge in [0, 0.05) is 5.41 Å². The first-order valence-electron chi connectivity index (χ1n) is 10.4. The lowest BCUT2D eigenvalue weighted by Gasteiger charge is -2.13. The maximum Gasteiger partial charge on any atom is 0.412 e. The van der Waals surface area contributed by atoms with E-state index < -0.39 is 12.2 Å². The number of carbonyl (C=O) groups excluding carboxylic acids is 1. The zero-order chi connectivity index (χ0) is 23.0. The van der Waals surface area contributed by atoms with E-state index in [0.717, 1.165) is 33.1 Å². The van der Waals surface area contributed by atoms with Crippen LogP contribution < -0.4 is 5.32 Å². The number of aliphatic hydroxyl groups excluding tert-OH is 1. The Hall–Kier alpha value is -3.26. The highest BCUT2D eigenvalue weighted by Gasteiger charge is 2.46. The molecule has 4 aromatic rings. The van der Waals surface area contributed by atoms with Crippen molar-refractivity contribution in [3.05, 3.63) is 57.4 Å². The van der Waals surface area contributed by atoms with Crippen LogP contribution in [0.1, 0.15) is 52.9 Å². The van der Waals surface area contributed by atoms with Crippen LogP contribution in [0.3, 0.4) is 0 Å². The fourth-order valence-electron chi connectivity index (χ4n) is 3.31. The molecule has 1 fully saturated rings. The number of hydrogen-bond acceptors (Lipinski definition) is 9. The van der Waals surface area contributed by atoms with Crippen LogP contribution in [0.25, 0.3) is 9.66 Å². The van der Waals surface area contributed by atoms with Crippen LogP contribution in [0.4, 0.5) is 10.5 Å². The summed E-state index contributed by atoms with van der Waals surface area (Å²) in [6.45, 7) is 3.61. The predicted molar refractivity (Wildman–Crippen MR) is 125 cm³/mol. The first-order chi connectivity index (χ1) is 16.0. The molecule has 1 aromatic carbocycles. The number of thiazole rings is 2. The molecule has 0 saturated heterocycles. The van der Waals surface area contributed by atoms with Gasteiger partial charge in [0.15, 0.2) is 26.1 Å². The molecule has 2 N–H and O–H groups in total. The third kappa shape index (κ3) is 4.35. The molecule has 0 bridgehead atoms. The third-order valence-electron chi connectivity index (χ3n) is 5.52. The standard InChI is InChI=1S/C23H20N4O4S2/c1-13(15-6-4-3-5-7-15)30-22(29)25-18-14(2)31-27-16(18)8-9-17-24-19-20(32-17)26-21(33-19)23(12-28)10-11-23/h3-7,13,28H,10-12H2,1-2H3,(H,25,29). The summed E-state index contributed by atoms with van der Waals surface area (Å²) in [5.74, 6) is 6.32. The van der Waals surface area contributed by atoms with E-state index in [4.69, 9.17) is 9.26 Å². The number of ether oxygens (including phenoxy) is 1. The van der Waals surface area contributed by atoms with Gasteiger partial charge in [-0.25, -0.2) is 14.8 Å². The van der Waals surface area contributed by atoms with Gasteiger partial charge in [-0.2, -0.15) is 0 Å². The van der Waals surface area contributed by atoms with E-state index in [1.807, 2.05) is 30.3 Å². The van der Waals surface area contributed by atoms with Crippen LogP contribution in [-0.4, -0.2) is 32.9 Å². The minimum Gasteiger partial charge on any atom is -0.441 e. The number of aryl methyl sites for hydroxylation is 1. The molecule has 5 rings (SSSR count). The molecule has 1 aliphatic rings. The van der Waals surface area contributed by atoms with Crippen LogP contribution in [0.5, 0.6) is 0 Å². The molecule has 0 radical (unpaired) electrons. The molecule has 1 aliphatic carbocycles. The smallest absolute Gasteiger partial charge is 0.412 e. The number of fused-ring (bicyclic) bond motifs is 1. The number of amides is 1. The second kappa shape index (κ2) is 8.59. The van der Waals surface area contributed by atoms with Crippen molar-refractivity contribution in [2.75, 3.05) is 11.9 Å². The molecule has 1 atom stereocenters. The van der Waals surface area contributed by atoms with Gasteiger partial charge in [-0.05, 0) is 44.1 Å². The first-order valence-corrected chi connectivity index (χ1v) is 12.0. The summed E-state index contributed by atoms with van der Waals surface area (Å²) in [5, 5.41) is 17.8. The van der Waals surface area contributed by atoms with Gasteiger partial charge in [0.05, 0.1) is 6.61 Å². The molecule has 1 saturated carbocycles. The van der Waals surface area contributed by atoms with Crippen LogP contribution in [-0.2, 0) is 10.2 Å². The fraction of sp³-hybridized carbons (Fsp3) is 0.304. The van der Waals surface area contributed by atoms with E-state index in [2.05, 4.69) is 32.3 Å². The van der Waals surface area contributed by atoms with E-state index >= 15 is 0 Å². The fourth-order valence-corrected chi connectivity index (χ4v) is 5.45. The lowest BCUT2D eigenvalue weighted by molar-refractivity contribution is 0.121. The van der Waals surface area contributed by atoms with Gasteiger partial charge in [-0.15, -0.1) is 0 Å². The molecule has 0 spiro atoms.